The van der Waals surface area contributed by atoms with Crippen molar-refractivity contribution in [3.63, 3.8) is 0 Å². The first kappa shape index (κ1) is 8.62. The van der Waals surface area contributed by atoms with Crippen LogP contribution >= 0.6 is 0 Å². The van der Waals surface area contributed by atoms with Gasteiger partial charge in [-0.25, -0.2) is 9.67 Å². The number of carbonyl (C=O) groups is 1. The molecule has 0 amide bonds. The van der Waals surface area contributed by atoms with E-state index in [1.54, 1.807) is 18.5 Å². The molecule has 70 valence electrons. The van der Waals surface area contributed by atoms with Crippen molar-refractivity contribution in [1.82, 2.24) is 14.8 Å². The summed E-state index contributed by atoms with van der Waals surface area (Å²) in [6.45, 7) is 1.84. The van der Waals surface area contributed by atoms with Crippen molar-refractivity contribution in [1.29, 1.82) is 0 Å². The van der Waals surface area contributed by atoms with Gasteiger partial charge in [0.05, 0.1) is 6.20 Å². The normalized spacial score (nSPS) is 10.1. The van der Waals surface area contributed by atoms with Crippen LogP contribution in [-0.4, -0.2) is 21.1 Å². The highest BCUT2D eigenvalue weighted by molar-refractivity contribution is 5.75. The third-order valence-corrected chi connectivity index (χ3v) is 1.98. The molecule has 14 heavy (non-hydrogen) atoms. The van der Waals surface area contributed by atoms with Gasteiger partial charge in [-0.15, -0.1) is 0 Å². The fourth-order valence-corrected chi connectivity index (χ4v) is 1.24. The molecule has 2 aromatic rings. The van der Waals surface area contributed by atoms with Crippen LogP contribution in [0.5, 0.6) is 0 Å². The Labute approximate surface area is 81.2 Å². The van der Waals surface area contributed by atoms with Gasteiger partial charge in [-0.1, -0.05) is 6.07 Å². The number of nitrogens with zero attached hydrogens (tertiary/aromatic N) is 3. The van der Waals surface area contributed by atoms with Crippen molar-refractivity contribution in [3.05, 3.63) is 41.9 Å². The van der Waals surface area contributed by atoms with Crippen LogP contribution in [0.2, 0.25) is 0 Å². The van der Waals surface area contributed by atoms with Crippen molar-refractivity contribution < 1.29 is 4.79 Å². The Morgan fingerprint density at radius 1 is 1.43 bits per heavy atom. The predicted octanol–water partition coefficient (Wildman–Crippen LogP) is 1.39. The molecule has 0 aliphatic rings. The molecule has 4 heteroatoms. The highest BCUT2D eigenvalue weighted by Crippen LogP contribution is 2.09. The van der Waals surface area contributed by atoms with E-state index < -0.39 is 0 Å². The summed E-state index contributed by atoms with van der Waals surface area (Å²) in [6, 6.07) is 5.48. The molecule has 0 aliphatic heterocycles. The Bertz CT molecular complexity index is 448. The number of hydrogen-bond donors (Lipinski definition) is 0. The second-order valence-corrected chi connectivity index (χ2v) is 2.93. The largest absolute Gasteiger partial charge is 0.296 e. The van der Waals surface area contributed by atoms with Gasteiger partial charge < -0.3 is 0 Å². The van der Waals surface area contributed by atoms with Crippen molar-refractivity contribution >= 4 is 6.29 Å². The van der Waals surface area contributed by atoms with E-state index in [0.717, 1.165) is 11.8 Å². The zero-order valence-electron chi connectivity index (χ0n) is 7.71. The predicted molar refractivity (Wildman–Crippen MR) is 51.5 cm³/mol. The van der Waals surface area contributed by atoms with Crippen LogP contribution in [-0.2, 0) is 0 Å². The summed E-state index contributed by atoms with van der Waals surface area (Å²) in [5.74, 6) is 0.655. The lowest BCUT2D eigenvalue weighted by Crippen LogP contribution is -2.03. The van der Waals surface area contributed by atoms with Crippen LogP contribution in [0.25, 0.3) is 5.82 Å². The number of carbonyl (C=O) groups excluding carboxylic acids is 1. The van der Waals surface area contributed by atoms with Crippen LogP contribution in [0.3, 0.4) is 0 Å². The van der Waals surface area contributed by atoms with Crippen molar-refractivity contribution in [2.45, 2.75) is 6.92 Å². The average Bonchev–Trinajstić information content (AvgIpc) is 2.61. The van der Waals surface area contributed by atoms with Crippen LogP contribution < -0.4 is 0 Å². The first-order valence-electron chi connectivity index (χ1n) is 4.24. The van der Waals surface area contributed by atoms with E-state index in [9.17, 15) is 4.79 Å². The zero-order valence-corrected chi connectivity index (χ0v) is 7.71. The average molecular weight is 187 g/mol. The molecule has 0 fully saturated rings. The van der Waals surface area contributed by atoms with Gasteiger partial charge >= 0.3 is 0 Å². The van der Waals surface area contributed by atoms with Gasteiger partial charge in [-0.3, -0.25) is 4.79 Å². The van der Waals surface area contributed by atoms with E-state index in [0.29, 0.717) is 11.5 Å². The topological polar surface area (TPSA) is 47.8 Å². The fourth-order valence-electron chi connectivity index (χ4n) is 1.24. The van der Waals surface area contributed by atoms with Gasteiger partial charge in [0.2, 0.25) is 0 Å². The molecule has 0 saturated heterocycles. The van der Waals surface area contributed by atoms with Crippen molar-refractivity contribution in [2.75, 3.05) is 0 Å². The minimum atomic E-state index is 0.545. The molecule has 0 spiro atoms. The molecule has 0 atom stereocenters. The van der Waals surface area contributed by atoms with Crippen LogP contribution in [0.1, 0.15) is 16.1 Å². The number of hydrogen-bond acceptors (Lipinski definition) is 3. The number of aromatic nitrogens is 3. The summed E-state index contributed by atoms with van der Waals surface area (Å²) >= 11 is 0. The van der Waals surface area contributed by atoms with E-state index in [-0.39, 0.29) is 0 Å². The van der Waals surface area contributed by atoms with Gasteiger partial charge in [-0.05, 0) is 24.6 Å². The Morgan fingerprint density at radius 2 is 2.29 bits per heavy atom. The Hall–Kier alpha value is -1.97. The molecule has 4 nitrogen and oxygen atoms in total. The smallest absolute Gasteiger partial charge is 0.168 e. The molecule has 2 rings (SSSR count). The van der Waals surface area contributed by atoms with E-state index in [4.69, 9.17) is 0 Å². The van der Waals surface area contributed by atoms with Crippen LogP contribution in [0, 0.1) is 6.92 Å². The molecule has 0 aromatic carbocycles. The van der Waals surface area contributed by atoms with Gasteiger partial charge in [0.25, 0.3) is 0 Å². The quantitative estimate of drug-likeness (QED) is 0.667. The standard InChI is InChI=1S/C10H9N3O/c1-8-6-12-13(9(8)7-14)10-4-2-3-5-11-10/h2-7H,1H3. The third kappa shape index (κ3) is 1.31. The number of rotatable bonds is 2. The summed E-state index contributed by atoms with van der Waals surface area (Å²) in [7, 11) is 0. The molecule has 0 radical (unpaired) electrons. The summed E-state index contributed by atoms with van der Waals surface area (Å²) in [6.07, 6.45) is 4.11. The molecule has 0 N–H and O–H groups in total. The highest BCUT2D eigenvalue weighted by Gasteiger charge is 2.07. The molecule has 0 saturated carbocycles. The fraction of sp³-hybridized carbons (Fsp3) is 0.100. The van der Waals surface area contributed by atoms with Crippen LogP contribution in [0.4, 0.5) is 0 Å². The molecule has 2 heterocycles. The minimum absolute atomic E-state index is 0.545. The van der Waals surface area contributed by atoms with Gasteiger partial charge in [-0.2, -0.15) is 5.10 Å². The minimum Gasteiger partial charge on any atom is -0.296 e. The van der Waals surface area contributed by atoms with E-state index in [1.165, 1.54) is 4.68 Å². The van der Waals surface area contributed by atoms with Crippen molar-refractivity contribution in [2.24, 2.45) is 0 Å². The molecule has 0 bridgehead atoms. The Kier molecular flexibility index (Phi) is 2.10. The highest BCUT2D eigenvalue weighted by atomic mass is 16.1. The van der Waals surface area contributed by atoms with Gasteiger partial charge in [0.15, 0.2) is 12.1 Å². The number of pyridine rings is 1. The first-order chi connectivity index (χ1) is 6.83. The van der Waals surface area contributed by atoms with Crippen molar-refractivity contribution in [3.8, 4) is 5.82 Å². The summed E-state index contributed by atoms with van der Waals surface area (Å²) < 4.78 is 1.53. The second kappa shape index (κ2) is 3.41. The molecular weight excluding hydrogens is 178 g/mol. The summed E-state index contributed by atoms with van der Waals surface area (Å²) in [5.41, 5.74) is 1.40. The molecule has 2 aromatic heterocycles. The monoisotopic (exact) mass is 187 g/mol. The van der Waals surface area contributed by atoms with E-state index in [1.807, 2.05) is 19.1 Å². The maximum absolute atomic E-state index is 10.8. The molecule has 0 aliphatic carbocycles. The zero-order chi connectivity index (χ0) is 9.97. The summed E-state index contributed by atoms with van der Waals surface area (Å²) in [4.78, 5) is 14.9. The third-order valence-electron chi connectivity index (χ3n) is 1.98. The van der Waals surface area contributed by atoms with E-state index >= 15 is 0 Å². The maximum Gasteiger partial charge on any atom is 0.168 e. The second-order valence-electron chi connectivity index (χ2n) is 2.93. The Balaban J connectivity index is 2.57. The molecule has 0 unspecified atom stereocenters. The molecular formula is C10H9N3O. The lowest BCUT2D eigenvalue weighted by molar-refractivity contribution is 0.111. The van der Waals surface area contributed by atoms with Gasteiger partial charge in [0.1, 0.15) is 5.69 Å². The van der Waals surface area contributed by atoms with Gasteiger partial charge in [0, 0.05) is 6.20 Å². The Morgan fingerprint density at radius 3 is 2.93 bits per heavy atom. The van der Waals surface area contributed by atoms with Crippen LogP contribution in [0.15, 0.2) is 30.6 Å². The van der Waals surface area contributed by atoms with E-state index in [2.05, 4.69) is 10.1 Å². The maximum atomic E-state index is 10.8. The summed E-state index contributed by atoms with van der Waals surface area (Å²) in [5, 5.41) is 4.08. The number of aldehydes is 1. The lowest BCUT2D eigenvalue weighted by atomic mass is 10.3. The SMILES string of the molecule is Cc1cnn(-c2ccccn2)c1C=O. The first-order valence-corrected chi connectivity index (χ1v) is 4.24. The number of aryl methyl sites for hydroxylation is 1. The lowest BCUT2D eigenvalue weighted by Gasteiger charge is -2.01.